The fourth-order valence-electron chi connectivity index (χ4n) is 2.39. The van der Waals surface area contributed by atoms with E-state index in [2.05, 4.69) is 5.32 Å². The van der Waals surface area contributed by atoms with Gasteiger partial charge in [-0.3, -0.25) is 4.79 Å². The van der Waals surface area contributed by atoms with Crippen molar-refractivity contribution in [3.05, 3.63) is 48.0 Å². The summed E-state index contributed by atoms with van der Waals surface area (Å²) in [5.41, 5.74) is -0.611. The summed E-state index contributed by atoms with van der Waals surface area (Å²) in [6.45, 7) is 0. The topological polar surface area (TPSA) is 79.5 Å². The van der Waals surface area contributed by atoms with Gasteiger partial charge in [0.05, 0.1) is 0 Å². The molecule has 1 aromatic heterocycles. The lowest BCUT2D eigenvalue weighted by Gasteiger charge is -2.23. The fourth-order valence-corrected chi connectivity index (χ4v) is 3.72. The predicted molar refractivity (Wildman–Crippen MR) is 83.9 cm³/mol. The highest BCUT2D eigenvalue weighted by atomic mass is 32.2. The van der Waals surface area contributed by atoms with Crippen molar-refractivity contribution >= 4 is 23.6 Å². The predicted octanol–water partition coefficient (Wildman–Crippen LogP) is 2.78. The van der Waals surface area contributed by atoms with Crippen LogP contribution < -0.4 is 5.32 Å². The minimum atomic E-state index is -1.25. The molecule has 2 aromatic rings. The fraction of sp³-hybridized carbons (Fsp3) is 0.250. The standard InChI is InChI=1S/C16H14FNO4S/c17-11-3-1-10(2-4-11)12-5-6-13(22-12)14(19)18-16(15(20)21)7-8-23-9-16/h1-6H,7-9H2,(H,18,19)(H,20,21). The molecule has 7 heteroatoms. The van der Waals surface area contributed by atoms with E-state index in [-0.39, 0.29) is 11.6 Å². The van der Waals surface area contributed by atoms with E-state index >= 15 is 0 Å². The van der Waals surface area contributed by atoms with Crippen molar-refractivity contribution in [2.75, 3.05) is 11.5 Å². The number of carbonyl (C=O) groups is 2. The molecule has 1 unspecified atom stereocenters. The summed E-state index contributed by atoms with van der Waals surface area (Å²) in [4.78, 5) is 23.7. The third kappa shape index (κ3) is 3.10. The zero-order chi connectivity index (χ0) is 16.4. The van der Waals surface area contributed by atoms with E-state index in [9.17, 15) is 19.1 Å². The van der Waals surface area contributed by atoms with Crippen LogP contribution in [0, 0.1) is 5.82 Å². The summed E-state index contributed by atoms with van der Waals surface area (Å²) < 4.78 is 18.4. The lowest BCUT2D eigenvalue weighted by molar-refractivity contribution is -0.143. The Balaban J connectivity index is 1.78. The number of furan rings is 1. The Bertz CT molecular complexity index is 735. The smallest absolute Gasteiger partial charge is 0.330 e. The van der Waals surface area contributed by atoms with Crippen LogP contribution >= 0.6 is 11.8 Å². The summed E-state index contributed by atoms with van der Waals surface area (Å²) in [6, 6.07) is 8.76. The lowest BCUT2D eigenvalue weighted by atomic mass is 9.99. The van der Waals surface area contributed by atoms with Gasteiger partial charge in [-0.1, -0.05) is 0 Å². The Morgan fingerprint density at radius 1 is 1.22 bits per heavy atom. The van der Waals surface area contributed by atoms with Gasteiger partial charge in [0.1, 0.15) is 17.1 Å². The molecule has 0 saturated carbocycles. The van der Waals surface area contributed by atoms with Crippen LogP contribution in [0.25, 0.3) is 11.3 Å². The Hall–Kier alpha value is -2.28. The number of benzene rings is 1. The van der Waals surface area contributed by atoms with Crippen LogP contribution in [0.4, 0.5) is 4.39 Å². The maximum atomic E-state index is 12.9. The number of aliphatic carboxylic acids is 1. The van der Waals surface area contributed by atoms with E-state index in [0.717, 1.165) is 0 Å². The molecular formula is C16H14FNO4S. The van der Waals surface area contributed by atoms with Gasteiger partial charge in [0.15, 0.2) is 5.76 Å². The molecule has 1 fully saturated rings. The van der Waals surface area contributed by atoms with E-state index in [4.69, 9.17) is 4.42 Å². The summed E-state index contributed by atoms with van der Waals surface area (Å²) >= 11 is 1.49. The van der Waals surface area contributed by atoms with Gasteiger partial charge in [-0.2, -0.15) is 11.8 Å². The minimum absolute atomic E-state index is 0.0295. The Labute approximate surface area is 135 Å². The summed E-state index contributed by atoms with van der Waals surface area (Å²) in [7, 11) is 0. The lowest BCUT2D eigenvalue weighted by Crippen LogP contribution is -2.54. The first-order valence-electron chi connectivity index (χ1n) is 7.00. The highest BCUT2D eigenvalue weighted by molar-refractivity contribution is 7.99. The molecule has 1 atom stereocenters. The second-order valence-corrected chi connectivity index (χ2v) is 6.42. The molecule has 1 aliphatic heterocycles. The molecule has 1 saturated heterocycles. The maximum absolute atomic E-state index is 12.9. The second-order valence-electron chi connectivity index (χ2n) is 5.31. The molecular weight excluding hydrogens is 321 g/mol. The van der Waals surface area contributed by atoms with E-state index in [1.54, 1.807) is 18.2 Å². The SMILES string of the molecule is O=C(NC1(C(=O)O)CCSC1)c1ccc(-c2ccc(F)cc2)o1. The van der Waals surface area contributed by atoms with Crippen LogP contribution in [0.1, 0.15) is 17.0 Å². The highest BCUT2D eigenvalue weighted by Crippen LogP contribution is 2.29. The third-order valence-electron chi connectivity index (χ3n) is 3.74. The van der Waals surface area contributed by atoms with Gasteiger partial charge in [-0.15, -0.1) is 0 Å². The molecule has 0 bridgehead atoms. The molecule has 1 amide bonds. The van der Waals surface area contributed by atoms with Crippen molar-refractivity contribution in [1.82, 2.24) is 5.32 Å². The molecule has 23 heavy (non-hydrogen) atoms. The number of halogens is 1. The average Bonchev–Trinajstić information content (AvgIpc) is 3.17. The Morgan fingerprint density at radius 2 is 1.96 bits per heavy atom. The quantitative estimate of drug-likeness (QED) is 0.898. The van der Waals surface area contributed by atoms with Crippen LogP contribution in [0.3, 0.4) is 0 Å². The summed E-state index contributed by atoms with van der Waals surface area (Å²) in [6.07, 6.45) is 0.379. The number of rotatable bonds is 4. The van der Waals surface area contributed by atoms with Gasteiger partial charge in [0.2, 0.25) is 0 Å². The van der Waals surface area contributed by atoms with Crippen molar-refractivity contribution in [2.24, 2.45) is 0 Å². The van der Waals surface area contributed by atoms with Gasteiger partial charge < -0.3 is 14.8 Å². The van der Waals surface area contributed by atoms with Crippen LogP contribution in [0.5, 0.6) is 0 Å². The van der Waals surface area contributed by atoms with Crippen LogP contribution in [-0.2, 0) is 4.79 Å². The van der Waals surface area contributed by atoms with Gasteiger partial charge in [0, 0.05) is 11.3 Å². The second kappa shape index (κ2) is 6.08. The number of carboxylic acid groups (broad SMARTS) is 1. The van der Waals surface area contributed by atoms with Crippen molar-refractivity contribution in [2.45, 2.75) is 12.0 Å². The van der Waals surface area contributed by atoms with Crippen molar-refractivity contribution < 1.29 is 23.5 Å². The van der Waals surface area contributed by atoms with Gasteiger partial charge >= 0.3 is 5.97 Å². The average molecular weight is 335 g/mol. The molecule has 120 valence electrons. The number of carbonyl (C=O) groups excluding carboxylic acids is 1. The normalized spacial score (nSPS) is 20.4. The zero-order valence-corrected chi connectivity index (χ0v) is 12.9. The number of thioether (sulfide) groups is 1. The van der Waals surface area contributed by atoms with E-state index in [0.29, 0.717) is 29.3 Å². The monoisotopic (exact) mass is 335 g/mol. The van der Waals surface area contributed by atoms with Crippen LogP contribution in [-0.4, -0.2) is 34.0 Å². The first-order chi connectivity index (χ1) is 11.0. The van der Waals surface area contributed by atoms with Gasteiger partial charge in [0.25, 0.3) is 5.91 Å². The van der Waals surface area contributed by atoms with Crippen molar-refractivity contribution in [3.8, 4) is 11.3 Å². The largest absolute Gasteiger partial charge is 0.479 e. The van der Waals surface area contributed by atoms with Gasteiger partial charge in [-0.25, -0.2) is 9.18 Å². The molecule has 2 N–H and O–H groups in total. The molecule has 2 heterocycles. The van der Waals surface area contributed by atoms with Crippen molar-refractivity contribution in [3.63, 3.8) is 0 Å². The number of hydrogen-bond donors (Lipinski definition) is 2. The molecule has 3 rings (SSSR count). The Morgan fingerprint density at radius 3 is 2.57 bits per heavy atom. The summed E-state index contributed by atoms with van der Waals surface area (Å²) in [5.74, 6) is -0.502. The van der Waals surface area contributed by atoms with E-state index < -0.39 is 17.4 Å². The van der Waals surface area contributed by atoms with Gasteiger partial charge in [-0.05, 0) is 48.6 Å². The van der Waals surface area contributed by atoms with E-state index in [1.165, 1.54) is 30.0 Å². The summed E-state index contributed by atoms with van der Waals surface area (Å²) in [5, 5.41) is 11.9. The molecule has 0 aliphatic carbocycles. The maximum Gasteiger partial charge on any atom is 0.330 e. The highest BCUT2D eigenvalue weighted by Gasteiger charge is 2.43. The Kier molecular flexibility index (Phi) is 4.12. The van der Waals surface area contributed by atoms with Crippen LogP contribution in [0.2, 0.25) is 0 Å². The molecule has 1 aromatic carbocycles. The third-order valence-corrected chi connectivity index (χ3v) is 4.93. The number of amides is 1. The molecule has 0 radical (unpaired) electrons. The number of hydrogen-bond acceptors (Lipinski definition) is 4. The zero-order valence-electron chi connectivity index (χ0n) is 12.0. The minimum Gasteiger partial charge on any atom is -0.479 e. The molecule has 0 spiro atoms. The molecule has 1 aliphatic rings. The van der Waals surface area contributed by atoms with Crippen molar-refractivity contribution in [1.29, 1.82) is 0 Å². The first kappa shape index (κ1) is 15.6. The first-order valence-corrected chi connectivity index (χ1v) is 8.15. The van der Waals surface area contributed by atoms with Crippen LogP contribution in [0.15, 0.2) is 40.8 Å². The number of nitrogens with one attached hydrogen (secondary N) is 1. The van der Waals surface area contributed by atoms with E-state index in [1.807, 2.05) is 0 Å². The number of carboxylic acids is 1. The molecule has 5 nitrogen and oxygen atoms in total.